The van der Waals surface area contributed by atoms with E-state index in [-0.39, 0.29) is 18.4 Å². The number of hydrogen-bond donors (Lipinski definition) is 3. The number of urea groups is 1. The highest BCUT2D eigenvalue weighted by molar-refractivity contribution is 5.88. The highest BCUT2D eigenvalue weighted by Crippen LogP contribution is 2.08. The lowest BCUT2D eigenvalue weighted by Gasteiger charge is -2.04. The van der Waals surface area contributed by atoms with Crippen molar-refractivity contribution < 1.29 is 4.79 Å². The number of benzene rings is 1. The molecule has 4 nitrogen and oxygen atoms in total. The molecule has 0 bridgehead atoms. The van der Waals surface area contributed by atoms with Crippen LogP contribution in [0.25, 0.3) is 0 Å². The van der Waals surface area contributed by atoms with Crippen LogP contribution < -0.4 is 16.4 Å². The molecule has 0 spiro atoms. The van der Waals surface area contributed by atoms with Crippen molar-refractivity contribution in [3.05, 3.63) is 29.8 Å². The van der Waals surface area contributed by atoms with Crippen molar-refractivity contribution in [2.45, 2.75) is 6.54 Å². The molecule has 0 aliphatic carbocycles. The first-order valence-electron chi connectivity index (χ1n) is 4.04. The lowest BCUT2D eigenvalue weighted by atomic mass is 10.2. The number of hydrogen-bond acceptors (Lipinski definition) is 2. The minimum Gasteiger partial charge on any atom is -0.341 e. The van der Waals surface area contributed by atoms with Gasteiger partial charge < -0.3 is 16.4 Å². The SMILES string of the molecule is CNC(=O)Nc1ccc(CN)cc1.Cl. The van der Waals surface area contributed by atoms with Crippen molar-refractivity contribution >= 4 is 24.1 Å². The lowest BCUT2D eigenvalue weighted by molar-refractivity contribution is 0.254. The summed E-state index contributed by atoms with van der Waals surface area (Å²) in [6.45, 7) is 0.514. The van der Waals surface area contributed by atoms with E-state index in [4.69, 9.17) is 5.73 Å². The van der Waals surface area contributed by atoms with Gasteiger partial charge in [-0.2, -0.15) is 0 Å². The van der Waals surface area contributed by atoms with Gasteiger partial charge in [0.05, 0.1) is 0 Å². The monoisotopic (exact) mass is 215 g/mol. The number of halogens is 1. The van der Waals surface area contributed by atoms with Crippen LogP contribution in [-0.4, -0.2) is 13.1 Å². The molecular formula is C9H14ClN3O. The number of nitrogens with one attached hydrogen (secondary N) is 2. The molecule has 2 amide bonds. The van der Waals surface area contributed by atoms with Gasteiger partial charge in [0, 0.05) is 19.3 Å². The predicted molar refractivity (Wildman–Crippen MR) is 59.7 cm³/mol. The first-order chi connectivity index (χ1) is 6.26. The number of rotatable bonds is 2. The number of nitrogens with two attached hydrogens (primary N) is 1. The number of anilines is 1. The molecule has 1 aromatic rings. The van der Waals surface area contributed by atoms with Gasteiger partial charge in [-0.15, -0.1) is 12.4 Å². The fourth-order valence-electron chi connectivity index (χ4n) is 0.918. The van der Waals surface area contributed by atoms with Crippen LogP contribution in [0.5, 0.6) is 0 Å². The second-order valence-electron chi connectivity index (χ2n) is 2.61. The van der Waals surface area contributed by atoms with Gasteiger partial charge in [-0.25, -0.2) is 4.79 Å². The van der Waals surface area contributed by atoms with E-state index in [1.165, 1.54) is 0 Å². The van der Waals surface area contributed by atoms with Crippen molar-refractivity contribution in [3.8, 4) is 0 Å². The molecule has 0 saturated carbocycles. The van der Waals surface area contributed by atoms with Gasteiger partial charge in [-0.3, -0.25) is 0 Å². The maximum Gasteiger partial charge on any atom is 0.318 e. The van der Waals surface area contributed by atoms with Gasteiger partial charge in [0.2, 0.25) is 0 Å². The molecule has 1 aromatic carbocycles. The molecule has 14 heavy (non-hydrogen) atoms. The summed E-state index contributed by atoms with van der Waals surface area (Å²) in [5.41, 5.74) is 7.23. The Labute approximate surface area is 89.3 Å². The third-order valence-corrected chi connectivity index (χ3v) is 1.67. The Morgan fingerprint density at radius 3 is 2.36 bits per heavy atom. The third kappa shape index (κ3) is 3.64. The van der Waals surface area contributed by atoms with Gasteiger partial charge in [0.15, 0.2) is 0 Å². The van der Waals surface area contributed by atoms with Gasteiger partial charge in [0.25, 0.3) is 0 Å². The standard InChI is InChI=1S/C9H13N3O.ClH/c1-11-9(13)12-8-4-2-7(6-10)3-5-8;/h2-5H,6,10H2,1H3,(H2,11,12,13);1H. The van der Waals surface area contributed by atoms with Crippen LogP contribution in [-0.2, 0) is 6.54 Å². The number of carbonyl (C=O) groups excluding carboxylic acids is 1. The zero-order valence-electron chi connectivity index (χ0n) is 7.91. The fraction of sp³-hybridized carbons (Fsp3) is 0.222. The van der Waals surface area contributed by atoms with Crippen LogP contribution in [0.3, 0.4) is 0 Å². The van der Waals surface area contributed by atoms with E-state index in [1.54, 1.807) is 7.05 Å². The van der Waals surface area contributed by atoms with Crippen molar-refractivity contribution in [1.29, 1.82) is 0 Å². The smallest absolute Gasteiger partial charge is 0.318 e. The molecular weight excluding hydrogens is 202 g/mol. The van der Waals surface area contributed by atoms with Crippen molar-refractivity contribution in [2.75, 3.05) is 12.4 Å². The summed E-state index contributed by atoms with van der Waals surface area (Å²) in [6.07, 6.45) is 0. The van der Waals surface area contributed by atoms with Crippen molar-refractivity contribution in [3.63, 3.8) is 0 Å². The number of amides is 2. The van der Waals surface area contributed by atoms with Crippen LogP contribution in [0.15, 0.2) is 24.3 Å². The molecule has 5 heteroatoms. The maximum absolute atomic E-state index is 10.9. The molecule has 4 N–H and O–H groups in total. The van der Waals surface area contributed by atoms with Gasteiger partial charge in [-0.05, 0) is 17.7 Å². The molecule has 0 atom stereocenters. The maximum atomic E-state index is 10.9. The highest BCUT2D eigenvalue weighted by Gasteiger charge is 1.97. The Balaban J connectivity index is 0.00000169. The average Bonchev–Trinajstić information content (AvgIpc) is 2.19. The quantitative estimate of drug-likeness (QED) is 0.697. The Kier molecular flexibility index (Phi) is 5.67. The minimum absolute atomic E-state index is 0. The average molecular weight is 216 g/mol. The largest absolute Gasteiger partial charge is 0.341 e. The van der Waals surface area contributed by atoms with E-state index in [0.29, 0.717) is 6.54 Å². The molecule has 0 aliphatic rings. The summed E-state index contributed by atoms with van der Waals surface area (Å²) < 4.78 is 0. The molecule has 0 saturated heterocycles. The Morgan fingerprint density at radius 1 is 1.36 bits per heavy atom. The van der Waals surface area contributed by atoms with E-state index in [2.05, 4.69) is 10.6 Å². The second kappa shape index (κ2) is 6.23. The summed E-state index contributed by atoms with van der Waals surface area (Å²) in [4.78, 5) is 10.9. The summed E-state index contributed by atoms with van der Waals surface area (Å²) >= 11 is 0. The molecule has 0 radical (unpaired) electrons. The molecule has 0 aliphatic heterocycles. The summed E-state index contributed by atoms with van der Waals surface area (Å²) in [5.74, 6) is 0. The molecule has 0 heterocycles. The van der Waals surface area contributed by atoms with Crippen LogP contribution in [0.1, 0.15) is 5.56 Å². The van der Waals surface area contributed by atoms with E-state index in [9.17, 15) is 4.79 Å². The molecule has 0 unspecified atom stereocenters. The molecule has 0 fully saturated rings. The topological polar surface area (TPSA) is 67.2 Å². The highest BCUT2D eigenvalue weighted by atomic mass is 35.5. The fourth-order valence-corrected chi connectivity index (χ4v) is 0.918. The van der Waals surface area contributed by atoms with Gasteiger partial charge in [-0.1, -0.05) is 12.1 Å². The molecule has 0 aromatic heterocycles. The van der Waals surface area contributed by atoms with Crippen molar-refractivity contribution in [1.82, 2.24) is 5.32 Å². The Morgan fingerprint density at radius 2 is 1.93 bits per heavy atom. The summed E-state index contributed by atoms with van der Waals surface area (Å²) in [7, 11) is 1.57. The molecule has 78 valence electrons. The zero-order chi connectivity index (χ0) is 9.68. The van der Waals surface area contributed by atoms with E-state index in [0.717, 1.165) is 11.3 Å². The van der Waals surface area contributed by atoms with Crippen LogP contribution in [0, 0.1) is 0 Å². The van der Waals surface area contributed by atoms with Crippen LogP contribution in [0.2, 0.25) is 0 Å². The molecule has 1 rings (SSSR count). The first-order valence-corrected chi connectivity index (χ1v) is 4.04. The Bertz CT molecular complexity index is 287. The first kappa shape index (κ1) is 12.7. The zero-order valence-corrected chi connectivity index (χ0v) is 8.73. The summed E-state index contributed by atoms with van der Waals surface area (Å²) in [5, 5.41) is 5.12. The third-order valence-electron chi connectivity index (χ3n) is 1.67. The van der Waals surface area contributed by atoms with Gasteiger partial charge in [0.1, 0.15) is 0 Å². The van der Waals surface area contributed by atoms with E-state index < -0.39 is 0 Å². The minimum atomic E-state index is -0.222. The summed E-state index contributed by atoms with van der Waals surface area (Å²) in [6, 6.07) is 7.17. The second-order valence-corrected chi connectivity index (χ2v) is 2.61. The normalized spacial score (nSPS) is 8.71. The number of carbonyl (C=O) groups is 1. The van der Waals surface area contributed by atoms with Crippen molar-refractivity contribution in [2.24, 2.45) is 5.73 Å². The van der Waals surface area contributed by atoms with Crippen LogP contribution in [0.4, 0.5) is 10.5 Å². The van der Waals surface area contributed by atoms with E-state index >= 15 is 0 Å². The van der Waals surface area contributed by atoms with E-state index in [1.807, 2.05) is 24.3 Å². The van der Waals surface area contributed by atoms with Gasteiger partial charge >= 0.3 is 6.03 Å². The predicted octanol–water partition coefficient (Wildman–Crippen LogP) is 1.32. The Hall–Kier alpha value is -1.26. The lowest BCUT2D eigenvalue weighted by Crippen LogP contribution is -2.24. The van der Waals surface area contributed by atoms with Crippen LogP contribution >= 0.6 is 12.4 Å².